The lowest BCUT2D eigenvalue weighted by molar-refractivity contribution is -0.121. The quantitative estimate of drug-likeness (QED) is 0.619. The molecule has 0 fully saturated rings. The minimum atomic E-state index is -0.259. The molecule has 0 saturated heterocycles. The Kier molecular flexibility index (Phi) is 6.29. The highest BCUT2D eigenvalue weighted by Crippen LogP contribution is 2.13. The number of nitrogens with zero attached hydrogens (tertiary/aromatic N) is 1. The van der Waals surface area contributed by atoms with E-state index in [0.29, 0.717) is 0 Å². The van der Waals surface area contributed by atoms with Gasteiger partial charge in [-0.05, 0) is 47.5 Å². The average molecular weight is 335 g/mol. The number of allylic oxidation sites excluding steroid dienone is 2. The molecular weight excluding hydrogens is 314 g/mol. The number of aromatic hydroxyl groups is 1. The summed E-state index contributed by atoms with van der Waals surface area (Å²) >= 11 is 0. The third-order valence-electron chi connectivity index (χ3n) is 3.57. The van der Waals surface area contributed by atoms with Crippen LogP contribution in [0.1, 0.15) is 17.5 Å². The lowest BCUT2D eigenvalue weighted by atomic mass is 10.1. The highest BCUT2D eigenvalue weighted by molar-refractivity contribution is 6.10. The summed E-state index contributed by atoms with van der Waals surface area (Å²) in [6, 6.07) is 14.2. The normalized spacial score (nSPS) is 11.1. The van der Waals surface area contributed by atoms with Gasteiger partial charge in [-0.25, -0.2) is 0 Å². The van der Waals surface area contributed by atoms with Crippen molar-refractivity contribution in [3.63, 3.8) is 0 Å². The molecule has 0 saturated carbocycles. The Bertz CT molecular complexity index is 785. The molecule has 0 radical (unpaired) electrons. The molecule has 0 bridgehead atoms. The lowest BCUT2D eigenvalue weighted by Gasteiger charge is -2.11. The summed E-state index contributed by atoms with van der Waals surface area (Å²) in [7, 11) is 3.93. The van der Waals surface area contributed by atoms with E-state index in [4.69, 9.17) is 0 Å². The molecule has 0 aliphatic rings. The molecule has 0 unspecified atom stereocenters. The summed E-state index contributed by atoms with van der Waals surface area (Å²) in [5.74, 6) is -0.329. The van der Waals surface area contributed by atoms with Crippen molar-refractivity contribution in [2.75, 3.05) is 19.0 Å². The van der Waals surface area contributed by atoms with E-state index < -0.39 is 0 Å². The predicted molar refractivity (Wildman–Crippen MR) is 102 cm³/mol. The van der Waals surface area contributed by atoms with Gasteiger partial charge < -0.3 is 10.0 Å². The molecule has 4 heteroatoms. The van der Waals surface area contributed by atoms with Crippen LogP contribution in [0.4, 0.5) is 5.69 Å². The van der Waals surface area contributed by atoms with Crippen LogP contribution >= 0.6 is 0 Å². The van der Waals surface area contributed by atoms with Crippen LogP contribution in [0.15, 0.2) is 60.7 Å². The van der Waals surface area contributed by atoms with E-state index in [0.717, 1.165) is 16.8 Å². The van der Waals surface area contributed by atoms with Gasteiger partial charge in [0.15, 0.2) is 11.6 Å². The highest BCUT2D eigenvalue weighted by Gasteiger charge is 2.03. The molecule has 0 aliphatic heterocycles. The van der Waals surface area contributed by atoms with Crippen molar-refractivity contribution in [3.8, 4) is 5.75 Å². The van der Waals surface area contributed by atoms with Crippen molar-refractivity contribution < 1.29 is 14.7 Å². The fourth-order valence-electron chi connectivity index (χ4n) is 2.14. The zero-order chi connectivity index (χ0) is 18.2. The summed E-state index contributed by atoms with van der Waals surface area (Å²) in [4.78, 5) is 25.7. The van der Waals surface area contributed by atoms with Gasteiger partial charge in [-0.2, -0.15) is 0 Å². The molecule has 0 spiro atoms. The molecule has 25 heavy (non-hydrogen) atoms. The number of hydrogen-bond acceptors (Lipinski definition) is 4. The number of ketones is 2. The molecule has 2 aromatic carbocycles. The average Bonchev–Trinajstić information content (AvgIpc) is 2.60. The molecule has 0 atom stereocenters. The number of rotatable bonds is 7. The van der Waals surface area contributed by atoms with Gasteiger partial charge in [0.1, 0.15) is 5.75 Å². The van der Waals surface area contributed by atoms with E-state index in [1.165, 1.54) is 12.2 Å². The Balaban J connectivity index is 1.88. The lowest BCUT2D eigenvalue weighted by Crippen LogP contribution is -2.07. The molecule has 2 aromatic rings. The van der Waals surface area contributed by atoms with Gasteiger partial charge in [-0.1, -0.05) is 36.4 Å². The van der Waals surface area contributed by atoms with Crippen LogP contribution in [-0.4, -0.2) is 30.8 Å². The maximum atomic E-state index is 11.9. The van der Waals surface area contributed by atoms with Crippen molar-refractivity contribution in [1.82, 2.24) is 0 Å². The topological polar surface area (TPSA) is 57.6 Å². The second-order valence-corrected chi connectivity index (χ2v) is 5.85. The maximum Gasteiger partial charge on any atom is 0.163 e. The van der Waals surface area contributed by atoms with Crippen molar-refractivity contribution in [1.29, 1.82) is 0 Å². The van der Waals surface area contributed by atoms with E-state index in [1.807, 2.05) is 43.3 Å². The molecule has 0 aliphatic carbocycles. The Labute approximate surface area is 147 Å². The predicted octanol–water partition coefficient (Wildman–Crippen LogP) is 3.71. The Hall–Kier alpha value is -3.14. The van der Waals surface area contributed by atoms with Crippen LogP contribution in [0, 0.1) is 0 Å². The van der Waals surface area contributed by atoms with Crippen molar-refractivity contribution >= 4 is 29.4 Å². The first-order valence-corrected chi connectivity index (χ1v) is 7.92. The molecule has 0 aromatic heterocycles. The Morgan fingerprint density at radius 3 is 1.72 bits per heavy atom. The molecule has 1 N–H and O–H groups in total. The molecule has 4 nitrogen and oxygen atoms in total. The second kappa shape index (κ2) is 8.64. The van der Waals surface area contributed by atoms with Crippen LogP contribution in [0.3, 0.4) is 0 Å². The van der Waals surface area contributed by atoms with Gasteiger partial charge in [0.05, 0.1) is 6.42 Å². The van der Waals surface area contributed by atoms with E-state index in [9.17, 15) is 14.7 Å². The van der Waals surface area contributed by atoms with Crippen molar-refractivity contribution in [3.05, 3.63) is 71.8 Å². The minimum Gasteiger partial charge on any atom is -0.508 e. The number of carbonyl (C=O) groups is 2. The Morgan fingerprint density at radius 1 is 0.840 bits per heavy atom. The number of benzene rings is 2. The van der Waals surface area contributed by atoms with Gasteiger partial charge in [-0.3, -0.25) is 9.59 Å². The second-order valence-electron chi connectivity index (χ2n) is 5.85. The van der Waals surface area contributed by atoms with Crippen LogP contribution in [-0.2, 0) is 9.59 Å². The van der Waals surface area contributed by atoms with E-state index in [-0.39, 0.29) is 23.7 Å². The van der Waals surface area contributed by atoms with E-state index in [2.05, 4.69) is 0 Å². The fourth-order valence-corrected chi connectivity index (χ4v) is 2.14. The van der Waals surface area contributed by atoms with Gasteiger partial charge in [0.25, 0.3) is 0 Å². The molecule has 2 rings (SSSR count). The highest BCUT2D eigenvalue weighted by atomic mass is 16.3. The summed E-state index contributed by atoms with van der Waals surface area (Å²) in [6.07, 6.45) is 5.97. The molecular formula is C21H21NO3. The third-order valence-corrected chi connectivity index (χ3v) is 3.57. The SMILES string of the molecule is CN(C)c1ccc(/C=C/C(=O)CC(=O)/C=C/c2ccc(O)cc2)cc1. The summed E-state index contributed by atoms with van der Waals surface area (Å²) in [5.41, 5.74) is 2.78. The third kappa shape index (κ3) is 6.11. The summed E-state index contributed by atoms with van der Waals surface area (Å²) in [6.45, 7) is 0. The van der Waals surface area contributed by atoms with Crippen LogP contribution < -0.4 is 4.90 Å². The van der Waals surface area contributed by atoms with Crippen molar-refractivity contribution in [2.45, 2.75) is 6.42 Å². The number of phenolic OH excluding ortho intramolecular Hbond substituents is 1. The molecule has 0 amide bonds. The number of anilines is 1. The van der Waals surface area contributed by atoms with E-state index in [1.54, 1.807) is 36.4 Å². The van der Waals surface area contributed by atoms with Crippen LogP contribution in [0.2, 0.25) is 0 Å². The largest absolute Gasteiger partial charge is 0.508 e. The minimum absolute atomic E-state index is 0.166. The van der Waals surface area contributed by atoms with Gasteiger partial charge >= 0.3 is 0 Å². The van der Waals surface area contributed by atoms with Crippen LogP contribution in [0.25, 0.3) is 12.2 Å². The first kappa shape index (κ1) is 18.2. The summed E-state index contributed by atoms with van der Waals surface area (Å²) < 4.78 is 0. The smallest absolute Gasteiger partial charge is 0.163 e. The standard InChI is InChI=1S/C21H21NO3/c1-22(2)18-9-3-16(4-10-18)7-13-20(24)15-21(25)14-8-17-5-11-19(23)12-6-17/h3-14,23H,15H2,1-2H3/b13-7+,14-8+. The van der Waals surface area contributed by atoms with Crippen LogP contribution in [0.5, 0.6) is 5.75 Å². The monoisotopic (exact) mass is 335 g/mol. The number of phenols is 1. The van der Waals surface area contributed by atoms with Gasteiger partial charge in [-0.15, -0.1) is 0 Å². The van der Waals surface area contributed by atoms with Crippen molar-refractivity contribution in [2.24, 2.45) is 0 Å². The Morgan fingerprint density at radius 2 is 1.28 bits per heavy atom. The zero-order valence-corrected chi connectivity index (χ0v) is 14.3. The fraction of sp³-hybridized carbons (Fsp3) is 0.143. The maximum absolute atomic E-state index is 11.9. The number of hydrogen-bond donors (Lipinski definition) is 1. The molecule has 128 valence electrons. The molecule has 0 heterocycles. The van der Waals surface area contributed by atoms with E-state index >= 15 is 0 Å². The first-order valence-electron chi connectivity index (χ1n) is 7.92. The first-order chi connectivity index (χ1) is 11.9. The zero-order valence-electron chi connectivity index (χ0n) is 14.3. The van der Waals surface area contributed by atoms with Gasteiger partial charge in [0.2, 0.25) is 0 Å². The number of carbonyl (C=O) groups excluding carboxylic acids is 2. The van der Waals surface area contributed by atoms with Gasteiger partial charge in [0, 0.05) is 19.8 Å². The summed E-state index contributed by atoms with van der Waals surface area (Å²) in [5, 5.41) is 9.20.